The van der Waals surface area contributed by atoms with E-state index in [-0.39, 0.29) is 11.7 Å². The monoisotopic (exact) mass is 272 g/mol. The van der Waals surface area contributed by atoms with Crippen LogP contribution in [0.3, 0.4) is 0 Å². The summed E-state index contributed by atoms with van der Waals surface area (Å²) in [6.45, 7) is 3.77. The van der Waals surface area contributed by atoms with Gasteiger partial charge in [-0.25, -0.2) is 4.39 Å². The third-order valence-electron chi connectivity index (χ3n) is 2.94. The molecule has 104 valence electrons. The Kier molecular flexibility index (Phi) is 4.35. The maximum absolute atomic E-state index is 13.4. The lowest BCUT2D eigenvalue weighted by Crippen LogP contribution is -2.05. The zero-order valence-corrected chi connectivity index (χ0v) is 11.5. The van der Waals surface area contributed by atoms with Gasteiger partial charge in [-0.3, -0.25) is 4.79 Å². The highest BCUT2D eigenvalue weighted by molar-refractivity contribution is 5.88. The van der Waals surface area contributed by atoms with Crippen molar-refractivity contribution in [2.24, 2.45) is 0 Å². The Balaban J connectivity index is 1.96. The number of halogens is 1. The van der Waals surface area contributed by atoms with Gasteiger partial charge >= 0.3 is 0 Å². The normalized spacial score (nSPS) is 10.2. The smallest absolute Gasteiger partial charge is 0.221 e. The van der Waals surface area contributed by atoms with Crippen molar-refractivity contribution in [1.29, 1.82) is 0 Å². The van der Waals surface area contributed by atoms with Crippen LogP contribution in [0.5, 0.6) is 0 Å². The van der Waals surface area contributed by atoms with E-state index in [1.54, 1.807) is 13.0 Å². The van der Waals surface area contributed by atoms with Gasteiger partial charge in [0.05, 0.1) is 0 Å². The largest absolute Gasteiger partial charge is 0.381 e. The highest BCUT2D eigenvalue weighted by atomic mass is 19.1. The van der Waals surface area contributed by atoms with Gasteiger partial charge in [-0.05, 0) is 48.4 Å². The number of nitrogens with one attached hydrogen (secondary N) is 2. The van der Waals surface area contributed by atoms with Crippen molar-refractivity contribution in [1.82, 2.24) is 0 Å². The first-order chi connectivity index (χ1) is 9.54. The molecule has 0 aromatic heterocycles. The van der Waals surface area contributed by atoms with Gasteiger partial charge in [0.1, 0.15) is 5.82 Å². The molecule has 0 spiro atoms. The van der Waals surface area contributed by atoms with Crippen molar-refractivity contribution in [2.45, 2.75) is 20.4 Å². The molecule has 2 rings (SSSR count). The van der Waals surface area contributed by atoms with Crippen molar-refractivity contribution >= 4 is 17.3 Å². The van der Waals surface area contributed by atoms with E-state index in [0.29, 0.717) is 12.1 Å². The van der Waals surface area contributed by atoms with Crippen molar-refractivity contribution in [3.8, 4) is 0 Å². The summed E-state index contributed by atoms with van der Waals surface area (Å²) < 4.78 is 13.4. The highest BCUT2D eigenvalue weighted by Gasteiger charge is 2.00. The van der Waals surface area contributed by atoms with Crippen LogP contribution in [0.1, 0.15) is 18.1 Å². The molecule has 4 heteroatoms. The molecule has 0 saturated carbocycles. The van der Waals surface area contributed by atoms with Crippen LogP contribution in [-0.4, -0.2) is 5.91 Å². The second kappa shape index (κ2) is 6.19. The molecule has 3 nitrogen and oxygen atoms in total. The molecule has 0 aliphatic rings. The number of anilines is 2. The lowest BCUT2D eigenvalue weighted by atomic mass is 10.1. The van der Waals surface area contributed by atoms with Crippen molar-refractivity contribution in [3.05, 3.63) is 59.4 Å². The molecule has 0 atom stereocenters. The molecule has 0 fully saturated rings. The molecule has 0 aliphatic heterocycles. The van der Waals surface area contributed by atoms with E-state index in [1.165, 1.54) is 13.0 Å². The van der Waals surface area contributed by atoms with E-state index in [4.69, 9.17) is 0 Å². The fraction of sp³-hybridized carbons (Fsp3) is 0.188. The third kappa shape index (κ3) is 3.82. The van der Waals surface area contributed by atoms with E-state index >= 15 is 0 Å². The minimum absolute atomic E-state index is 0.0964. The first-order valence-electron chi connectivity index (χ1n) is 6.41. The number of amides is 1. The Morgan fingerprint density at radius 2 is 1.75 bits per heavy atom. The van der Waals surface area contributed by atoms with Crippen LogP contribution in [0.15, 0.2) is 42.5 Å². The minimum Gasteiger partial charge on any atom is -0.381 e. The second-order valence-electron chi connectivity index (χ2n) is 4.70. The molecular weight excluding hydrogens is 255 g/mol. The summed E-state index contributed by atoms with van der Waals surface area (Å²) in [6, 6.07) is 12.6. The molecule has 0 bridgehead atoms. The second-order valence-corrected chi connectivity index (χ2v) is 4.70. The van der Waals surface area contributed by atoms with Crippen LogP contribution in [-0.2, 0) is 11.3 Å². The predicted molar refractivity (Wildman–Crippen MR) is 79.2 cm³/mol. The number of hydrogen-bond donors (Lipinski definition) is 2. The summed E-state index contributed by atoms with van der Waals surface area (Å²) >= 11 is 0. The molecule has 0 unspecified atom stereocenters. The van der Waals surface area contributed by atoms with Crippen LogP contribution in [0.25, 0.3) is 0 Å². The Morgan fingerprint density at radius 3 is 2.35 bits per heavy atom. The van der Waals surface area contributed by atoms with E-state index in [1.807, 2.05) is 30.3 Å². The number of carbonyl (C=O) groups excluding carboxylic acids is 1. The maximum atomic E-state index is 13.4. The Morgan fingerprint density at radius 1 is 1.10 bits per heavy atom. The average molecular weight is 272 g/mol. The first kappa shape index (κ1) is 14.1. The number of hydrogen-bond acceptors (Lipinski definition) is 2. The van der Waals surface area contributed by atoms with E-state index in [0.717, 1.165) is 16.9 Å². The zero-order chi connectivity index (χ0) is 14.5. The highest BCUT2D eigenvalue weighted by Crippen LogP contribution is 2.15. The SMILES string of the molecule is CC(=O)Nc1ccc(NCc2ccc(C)c(F)c2)cc1. The number of rotatable bonds is 4. The molecule has 1 amide bonds. The van der Waals surface area contributed by atoms with Crippen LogP contribution >= 0.6 is 0 Å². The lowest BCUT2D eigenvalue weighted by Gasteiger charge is -2.08. The Hall–Kier alpha value is -2.36. The fourth-order valence-electron chi connectivity index (χ4n) is 1.83. The van der Waals surface area contributed by atoms with Crippen LogP contribution < -0.4 is 10.6 Å². The summed E-state index contributed by atoms with van der Waals surface area (Å²) in [7, 11) is 0. The number of aryl methyl sites for hydroxylation is 1. The molecule has 0 aliphatic carbocycles. The molecular formula is C16H17FN2O. The van der Waals surface area contributed by atoms with E-state index in [9.17, 15) is 9.18 Å². The molecule has 20 heavy (non-hydrogen) atoms. The van der Waals surface area contributed by atoms with E-state index < -0.39 is 0 Å². The zero-order valence-electron chi connectivity index (χ0n) is 11.5. The standard InChI is InChI=1S/C16H17FN2O/c1-11-3-4-13(9-16(11)17)10-18-14-5-7-15(8-6-14)19-12(2)20/h3-9,18H,10H2,1-2H3,(H,19,20). The fourth-order valence-corrected chi connectivity index (χ4v) is 1.83. The topological polar surface area (TPSA) is 41.1 Å². The maximum Gasteiger partial charge on any atom is 0.221 e. The summed E-state index contributed by atoms with van der Waals surface area (Å²) in [5, 5.41) is 5.91. The van der Waals surface area contributed by atoms with Gasteiger partial charge in [0, 0.05) is 24.8 Å². The molecule has 2 N–H and O–H groups in total. The average Bonchev–Trinajstić information content (AvgIpc) is 2.41. The Labute approximate surface area is 117 Å². The number of carbonyl (C=O) groups is 1. The molecule has 2 aromatic carbocycles. The summed E-state index contributed by atoms with van der Waals surface area (Å²) in [5.74, 6) is -0.286. The lowest BCUT2D eigenvalue weighted by molar-refractivity contribution is -0.114. The molecule has 2 aromatic rings. The van der Waals surface area contributed by atoms with Crippen molar-refractivity contribution in [2.75, 3.05) is 10.6 Å². The van der Waals surface area contributed by atoms with Gasteiger partial charge < -0.3 is 10.6 Å². The van der Waals surface area contributed by atoms with Gasteiger partial charge in [0.25, 0.3) is 0 Å². The quantitative estimate of drug-likeness (QED) is 0.891. The predicted octanol–water partition coefficient (Wildman–Crippen LogP) is 3.70. The summed E-state index contributed by atoms with van der Waals surface area (Å²) in [4.78, 5) is 10.9. The van der Waals surface area contributed by atoms with Gasteiger partial charge in [-0.2, -0.15) is 0 Å². The number of benzene rings is 2. The molecule has 0 saturated heterocycles. The van der Waals surface area contributed by atoms with Gasteiger partial charge in [0.15, 0.2) is 0 Å². The van der Waals surface area contributed by atoms with Gasteiger partial charge in [-0.15, -0.1) is 0 Å². The molecule has 0 heterocycles. The summed E-state index contributed by atoms with van der Waals surface area (Å²) in [5.41, 5.74) is 3.21. The van der Waals surface area contributed by atoms with Gasteiger partial charge in [-0.1, -0.05) is 12.1 Å². The molecule has 0 radical (unpaired) electrons. The summed E-state index contributed by atoms with van der Waals surface area (Å²) in [6.07, 6.45) is 0. The van der Waals surface area contributed by atoms with Crippen LogP contribution in [0, 0.1) is 12.7 Å². The van der Waals surface area contributed by atoms with Crippen LogP contribution in [0.2, 0.25) is 0 Å². The van der Waals surface area contributed by atoms with Gasteiger partial charge in [0.2, 0.25) is 5.91 Å². The Bertz CT molecular complexity index is 608. The minimum atomic E-state index is -0.190. The van der Waals surface area contributed by atoms with Crippen LogP contribution in [0.4, 0.5) is 15.8 Å². The van der Waals surface area contributed by atoms with E-state index in [2.05, 4.69) is 10.6 Å². The van der Waals surface area contributed by atoms with Crippen molar-refractivity contribution in [3.63, 3.8) is 0 Å². The first-order valence-corrected chi connectivity index (χ1v) is 6.41. The third-order valence-corrected chi connectivity index (χ3v) is 2.94. The van der Waals surface area contributed by atoms with Crippen molar-refractivity contribution < 1.29 is 9.18 Å².